The number of hydrogen-bond donors (Lipinski definition) is 0. The summed E-state index contributed by atoms with van der Waals surface area (Å²) in [7, 11) is -0.997. The fourth-order valence-electron chi connectivity index (χ4n) is 0.971. The third-order valence-corrected chi connectivity index (χ3v) is 3.99. The lowest BCUT2D eigenvalue weighted by Gasteiger charge is -2.07. The molecule has 14 heavy (non-hydrogen) atoms. The maximum atomic E-state index is 2.39. The quantitative estimate of drug-likeness (QED) is 0.684. The molecule has 2 heteroatoms. The molecule has 0 unspecified atom stereocenters. The summed E-state index contributed by atoms with van der Waals surface area (Å²) in [6.45, 7) is 7.06. The van der Waals surface area contributed by atoms with Gasteiger partial charge in [-0.2, -0.15) is 0 Å². The Morgan fingerprint density at radius 1 is 1.14 bits per heavy atom. The van der Waals surface area contributed by atoms with Gasteiger partial charge in [0.25, 0.3) is 0 Å². The van der Waals surface area contributed by atoms with Crippen LogP contribution in [0.2, 0.25) is 19.6 Å². The molecule has 1 rings (SSSR count). The molecule has 0 aliphatic heterocycles. The molecule has 0 saturated heterocycles. The molecule has 0 aliphatic carbocycles. The predicted octanol–water partition coefficient (Wildman–Crippen LogP) is 4.31. The zero-order valence-corrected chi connectivity index (χ0v) is 11.0. The van der Waals surface area contributed by atoms with Gasteiger partial charge >= 0.3 is 0 Å². The monoisotopic (exact) mass is 222 g/mol. The summed E-state index contributed by atoms with van der Waals surface area (Å²) < 4.78 is 0. The molecule has 1 aromatic rings. The largest absolute Gasteiger partial charge is 0.130 e. The summed E-state index contributed by atoms with van der Waals surface area (Å²) in [5, 5.41) is 2.26. The van der Waals surface area contributed by atoms with Crippen LogP contribution in [0.3, 0.4) is 0 Å². The van der Waals surface area contributed by atoms with E-state index >= 15 is 0 Å². The minimum atomic E-state index is -0.997. The molecule has 0 saturated carbocycles. The molecule has 0 radical (unpaired) electrons. The summed E-state index contributed by atoms with van der Waals surface area (Å²) in [6, 6.07) is 10.6. The first-order valence-electron chi connectivity index (χ1n) is 4.91. The van der Waals surface area contributed by atoms with Crippen molar-refractivity contribution in [2.24, 2.45) is 0 Å². The van der Waals surface area contributed by atoms with E-state index in [-0.39, 0.29) is 0 Å². The maximum Gasteiger partial charge on any atom is 0.0693 e. The van der Waals surface area contributed by atoms with Gasteiger partial charge in [0.1, 0.15) is 0 Å². The predicted molar refractivity (Wildman–Crippen MR) is 70.2 cm³/mol. The number of hydrogen-bond acceptors (Lipinski definition) is 1. The van der Waals surface area contributed by atoms with Crippen molar-refractivity contribution in [2.75, 3.05) is 0 Å². The zero-order chi connectivity index (χ0) is 10.4. The van der Waals surface area contributed by atoms with E-state index in [2.05, 4.69) is 61.1 Å². The van der Waals surface area contributed by atoms with Crippen molar-refractivity contribution in [3.05, 3.63) is 47.0 Å². The molecule has 1 aromatic carbocycles. The van der Waals surface area contributed by atoms with Gasteiger partial charge in [0.05, 0.1) is 8.07 Å². The van der Waals surface area contributed by atoms with Crippen LogP contribution in [0.5, 0.6) is 0 Å². The second-order valence-corrected chi connectivity index (χ2v) is 10.4. The van der Waals surface area contributed by atoms with Crippen molar-refractivity contribution < 1.29 is 0 Å². The molecule has 76 valence electrons. The van der Waals surface area contributed by atoms with Gasteiger partial charge in [0.15, 0.2) is 0 Å². The van der Waals surface area contributed by atoms with Crippen LogP contribution in [0.15, 0.2) is 41.4 Å². The van der Waals surface area contributed by atoms with Crippen LogP contribution in [0, 0.1) is 0 Å². The lowest BCUT2D eigenvalue weighted by atomic mass is 10.2. The minimum absolute atomic E-state index is 0.997. The van der Waals surface area contributed by atoms with Gasteiger partial charge < -0.3 is 0 Å². The highest BCUT2D eigenvalue weighted by atomic mass is 32.2. The SMILES string of the molecule is C[Si](C)(C)/C=C/SCc1ccccc1. The van der Waals surface area contributed by atoms with Gasteiger partial charge in [-0.25, -0.2) is 0 Å². The van der Waals surface area contributed by atoms with Crippen LogP contribution in [-0.2, 0) is 5.75 Å². The fourth-order valence-corrected chi connectivity index (χ4v) is 3.47. The minimum Gasteiger partial charge on any atom is -0.130 e. The summed E-state index contributed by atoms with van der Waals surface area (Å²) in [6.07, 6.45) is 0. The fraction of sp³-hybridized carbons (Fsp3) is 0.333. The Morgan fingerprint density at radius 3 is 2.36 bits per heavy atom. The lowest BCUT2D eigenvalue weighted by Crippen LogP contribution is -2.14. The third kappa shape index (κ3) is 5.30. The topological polar surface area (TPSA) is 0 Å². The Bertz CT molecular complexity index is 285. The second-order valence-electron chi connectivity index (χ2n) is 4.47. The smallest absolute Gasteiger partial charge is 0.0693 e. The lowest BCUT2D eigenvalue weighted by molar-refractivity contribution is 1.42. The highest BCUT2D eigenvalue weighted by molar-refractivity contribution is 8.01. The standard InChI is InChI=1S/C12H18SSi/c1-14(2,3)10-9-13-11-12-7-5-4-6-8-12/h4-10H,11H2,1-3H3/b10-9+. The molecule has 0 aromatic heterocycles. The van der Waals surface area contributed by atoms with Gasteiger partial charge in [0, 0.05) is 5.75 Å². The first-order chi connectivity index (χ1) is 6.58. The normalized spacial score (nSPS) is 12.2. The van der Waals surface area contributed by atoms with Crippen molar-refractivity contribution in [3.8, 4) is 0 Å². The van der Waals surface area contributed by atoms with E-state index in [1.165, 1.54) is 5.56 Å². The highest BCUT2D eigenvalue weighted by Crippen LogP contribution is 2.14. The molecular weight excluding hydrogens is 204 g/mol. The van der Waals surface area contributed by atoms with Gasteiger partial charge in [0.2, 0.25) is 0 Å². The van der Waals surface area contributed by atoms with Gasteiger partial charge in [-0.3, -0.25) is 0 Å². The first kappa shape index (κ1) is 11.6. The Labute approximate surface area is 92.4 Å². The van der Waals surface area contributed by atoms with E-state index in [9.17, 15) is 0 Å². The maximum absolute atomic E-state index is 2.39. The zero-order valence-electron chi connectivity index (χ0n) is 9.16. The number of benzene rings is 1. The average molecular weight is 222 g/mol. The van der Waals surface area contributed by atoms with Crippen molar-refractivity contribution >= 4 is 19.8 Å². The Hall–Kier alpha value is -0.473. The number of rotatable bonds is 4. The molecule has 0 aliphatic rings. The molecule has 0 nitrogen and oxygen atoms in total. The van der Waals surface area contributed by atoms with Crippen LogP contribution < -0.4 is 0 Å². The van der Waals surface area contributed by atoms with Gasteiger partial charge in [-0.15, -0.1) is 11.8 Å². The van der Waals surface area contributed by atoms with Gasteiger partial charge in [-0.1, -0.05) is 55.7 Å². The molecular formula is C12H18SSi. The second kappa shape index (κ2) is 5.42. The molecule has 0 N–H and O–H groups in total. The van der Waals surface area contributed by atoms with E-state index in [0.717, 1.165) is 5.75 Å². The molecule has 0 bridgehead atoms. The van der Waals surface area contributed by atoms with Crippen molar-refractivity contribution in [1.82, 2.24) is 0 Å². The van der Waals surface area contributed by atoms with Gasteiger partial charge in [-0.05, 0) is 11.0 Å². The highest BCUT2D eigenvalue weighted by Gasteiger charge is 2.06. The molecule has 0 amide bonds. The van der Waals surface area contributed by atoms with Crippen LogP contribution in [-0.4, -0.2) is 8.07 Å². The average Bonchev–Trinajstić information content (AvgIpc) is 2.13. The van der Waals surface area contributed by atoms with E-state index < -0.39 is 8.07 Å². The summed E-state index contributed by atoms with van der Waals surface area (Å²) in [5.41, 5.74) is 3.79. The first-order valence-corrected chi connectivity index (χ1v) is 9.54. The third-order valence-electron chi connectivity index (χ3n) is 1.76. The van der Waals surface area contributed by atoms with Crippen molar-refractivity contribution in [2.45, 2.75) is 25.4 Å². The Balaban J connectivity index is 2.33. The molecule has 0 atom stereocenters. The Morgan fingerprint density at radius 2 is 1.79 bits per heavy atom. The van der Waals surface area contributed by atoms with Crippen molar-refractivity contribution in [1.29, 1.82) is 0 Å². The Kier molecular flexibility index (Phi) is 4.49. The molecule has 0 spiro atoms. The van der Waals surface area contributed by atoms with Crippen LogP contribution in [0.4, 0.5) is 0 Å². The van der Waals surface area contributed by atoms with E-state index in [1.807, 2.05) is 11.8 Å². The van der Waals surface area contributed by atoms with Crippen LogP contribution in [0.1, 0.15) is 5.56 Å². The van der Waals surface area contributed by atoms with E-state index in [0.29, 0.717) is 0 Å². The molecule has 0 fully saturated rings. The summed E-state index contributed by atoms with van der Waals surface area (Å²) in [5.74, 6) is 1.09. The van der Waals surface area contributed by atoms with Crippen LogP contribution in [0.25, 0.3) is 0 Å². The van der Waals surface area contributed by atoms with Crippen LogP contribution >= 0.6 is 11.8 Å². The van der Waals surface area contributed by atoms with Crippen molar-refractivity contribution in [3.63, 3.8) is 0 Å². The summed E-state index contributed by atoms with van der Waals surface area (Å²) in [4.78, 5) is 0. The van der Waals surface area contributed by atoms with E-state index in [4.69, 9.17) is 0 Å². The molecule has 0 heterocycles. The summed E-state index contributed by atoms with van der Waals surface area (Å²) >= 11 is 1.89. The van der Waals surface area contributed by atoms with E-state index in [1.54, 1.807) is 0 Å². The number of thioether (sulfide) groups is 1.